The van der Waals surface area contributed by atoms with Crippen molar-refractivity contribution >= 4 is 5.91 Å². The molecule has 0 aliphatic carbocycles. The van der Waals surface area contributed by atoms with Crippen molar-refractivity contribution in [1.29, 1.82) is 0 Å². The van der Waals surface area contributed by atoms with Crippen LogP contribution in [0.5, 0.6) is 0 Å². The van der Waals surface area contributed by atoms with E-state index < -0.39 is 0 Å². The van der Waals surface area contributed by atoms with Gasteiger partial charge in [0.2, 0.25) is 5.91 Å². The van der Waals surface area contributed by atoms with E-state index >= 15 is 0 Å². The van der Waals surface area contributed by atoms with Gasteiger partial charge in [-0.05, 0) is 30.3 Å². The lowest BCUT2D eigenvalue weighted by atomic mass is 9.89. The Morgan fingerprint density at radius 2 is 2.05 bits per heavy atom. The van der Waals surface area contributed by atoms with Crippen LogP contribution >= 0.6 is 0 Å². The zero-order valence-electron chi connectivity index (χ0n) is 13.0. The Balaban J connectivity index is 2.44. The summed E-state index contributed by atoms with van der Waals surface area (Å²) in [7, 11) is 0. The van der Waals surface area contributed by atoms with Crippen molar-refractivity contribution in [3.63, 3.8) is 0 Å². The van der Waals surface area contributed by atoms with Crippen LogP contribution in [-0.4, -0.2) is 36.5 Å². The summed E-state index contributed by atoms with van der Waals surface area (Å²) in [6.45, 7) is 15.3. The summed E-state index contributed by atoms with van der Waals surface area (Å²) >= 11 is 0. The van der Waals surface area contributed by atoms with Crippen molar-refractivity contribution in [2.75, 3.05) is 19.6 Å². The Hall–Kier alpha value is -0.830. The molecule has 1 saturated heterocycles. The largest absolute Gasteiger partial charge is 0.339 e. The number of likely N-dealkylation sites (tertiary alicyclic amines) is 1. The maximum absolute atomic E-state index is 12.1. The van der Waals surface area contributed by atoms with E-state index in [0.29, 0.717) is 36.8 Å². The highest BCUT2D eigenvalue weighted by Crippen LogP contribution is 2.25. The smallest absolute Gasteiger partial charge is 0.222 e. The highest BCUT2D eigenvalue weighted by molar-refractivity contribution is 5.76. The first-order valence-electron chi connectivity index (χ1n) is 7.58. The minimum Gasteiger partial charge on any atom is -0.339 e. The van der Waals surface area contributed by atoms with Crippen LogP contribution in [-0.2, 0) is 4.79 Å². The molecule has 0 aromatic carbocycles. The molecule has 110 valence electrons. The number of hydrogen-bond acceptors (Lipinski definition) is 2. The molecule has 1 rings (SSSR count). The van der Waals surface area contributed by atoms with Crippen LogP contribution in [0, 0.1) is 11.8 Å². The second-order valence-corrected chi connectivity index (χ2v) is 6.43. The van der Waals surface area contributed by atoms with Crippen LogP contribution in [0.25, 0.3) is 0 Å². The van der Waals surface area contributed by atoms with Crippen molar-refractivity contribution in [3.05, 3.63) is 12.2 Å². The average molecular weight is 266 g/mol. The number of hydrogen-bond donors (Lipinski definition) is 1. The molecule has 0 aromatic heterocycles. The van der Waals surface area contributed by atoms with Crippen molar-refractivity contribution in [3.8, 4) is 0 Å². The van der Waals surface area contributed by atoms with Crippen LogP contribution in [0.2, 0.25) is 0 Å². The van der Waals surface area contributed by atoms with Gasteiger partial charge in [-0.2, -0.15) is 0 Å². The highest BCUT2D eigenvalue weighted by atomic mass is 16.2. The van der Waals surface area contributed by atoms with E-state index in [1.165, 1.54) is 0 Å². The molecule has 1 N–H and O–H groups in total. The van der Waals surface area contributed by atoms with Gasteiger partial charge < -0.3 is 10.2 Å². The Kier molecular flexibility index (Phi) is 6.56. The Labute approximate surface area is 118 Å². The van der Waals surface area contributed by atoms with Gasteiger partial charge in [-0.15, -0.1) is 0 Å². The number of nitrogens with zero attached hydrogens (tertiary/aromatic N) is 1. The zero-order chi connectivity index (χ0) is 14.4. The summed E-state index contributed by atoms with van der Waals surface area (Å²) in [4.78, 5) is 14.1. The number of carbonyl (C=O) groups is 1. The van der Waals surface area contributed by atoms with Crippen molar-refractivity contribution in [2.45, 2.75) is 53.0 Å². The molecular weight excluding hydrogens is 236 g/mol. The Bertz CT molecular complexity index is 310. The van der Waals surface area contributed by atoms with Gasteiger partial charge in [0.15, 0.2) is 0 Å². The number of carbonyl (C=O) groups excluding carboxylic acids is 1. The minimum atomic E-state index is 0.300. The van der Waals surface area contributed by atoms with Crippen LogP contribution in [0.15, 0.2) is 12.2 Å². The predicted molar refractivity (Wildman–Crippen MR) is 81.0 cm³/mol. The summed E-state index contributed by atoms with van der Waals surface area (Å²) in [6.07, 6.45) is 2.88. The second-order valence-electron chi connectivity index (χ2n) is 6.43. The molecule has 1 heterocycles. The van der Waals surface area contributed by atoms with E-state index in [-0.39, 0.29) is 0 Å². The van der Waals surface area contributed by atoms with Gasteiger partial charge in [-0.25, -0.2) is 0 Å². The maximum Gasteiger partial charge on any atom is 0.222 e. The van der Waals surface area contributed by atoms with Gasteiger partial charge >= 0.3 is 0 Å². The third-order valence-corrected chi connectivity index (χ3v) is 3.97. The Morgan fingerprint density at radius 3 is 2.63 bits per heavy atom. The molecule has 0 aromatic rings. The first-order chi connectivity index (χ1) is 8.90. The first-order valence-corrected chi connectivity index (χ1v) is 7.58. The van der Waals surface area contributed by atoms with E-state index in [1.807, 2.05) is 4.90 Å². The lowest BCUT2D eigenvalue weighted by Crippen LogP contribution is -2.35. The normalized spacial score (nSPS) is 21.1. The van der Waals surface area contributed by atoms with Gasteiger partial charge in [0.1, 0.15) is 0 Å². The molecule has 3 nitrogen and oxygen atoms in total. The topological polar surface area (TPSA) is 32.3 Å². The lowest BCUT2D eigenvalue weighted by molar-refractivity contribution is -0.130. The standard InChI is InChI=1S/C16H30N2O/c1-12(2)15-6-7-16(19)18(9-8-15)11-14(5)10-17-13(3)4/h12-13,15,17H,5-11H2,1-4H3. The van der Waals surface area contributed by atoms with E-state index in [2.05, 4.69) is 39.6 Å². The van der Waals surface area contributed by atoms with E-state index in [1.54, 1.807) is 0 Å². The second kappa shape index (κ2) is 7.68. The molecule has 19 heavy (non-hydrogen) atoms. The van der Waals surface area contributed by atoms with E-state index in [9.17, 15) is 4.79 Å². The van der Waals surface area contributed by atoms with Crippen molar-refractivity contribution in [2.24, 2.45) is 11.8 Å². The molecule has 0 bridgehead atoms. The summed E-state index contributed by atoms with van der Waals surface area (Å²) in [5.74, 6) is 1.67. The zero-order valence-corrected chi connectivity index (χ0v) is 13.0. The molecule has 1 unspecified atom stereocenters. The van der Waals surface area contributed by atoms with Gasteiger partial charge in [-0.1, -0.05) is 34.3 Å². The minimum absolute atomic E-state index is 0.300. The fourth-order valence-corrected chi connectivity index (χ4v) is 2.57. The molecule has 1 fully saturated rings. The van der Waals surface area contributed by atoms with Gasteiger partial charge in [-0.3, -0.25) is 4.79 Å². The summed E-state index contributed by atoms with van der Waals surface area (Å²) < 4.78 is 0. The van der Waals surface area contributed by atoms with Crippen LogP contribution < -0.4 is 5.32 Å². The third-order valence-electron chi connectivity index (χ3n) is 3.97. The first kappa shape index (κ1) is 16.2. The fourth-order valence-electron chi connectivity index (χ4n) is 2.57. The SMILES string of the molecule is C=C(CNC(C)C)CN1CCC(C(C)C)CCC1=O. The monoisotopic (exact) mass is 266 g/mol. The molecule has 1 aliphatic rings. The van der Waals surface area contributed by atoms with E-state index in [0.717, 1.165) is 31.5 Å². The quantitative estimate of drug-likeness (QED) is 0.750. The third kappa shape index (κ3) is 5.77. The summed E-state index contributed by atoms with van der Waals surface area (Å²) in [5, 5.41) is 3.35. The number of rotatable bonds is 6. The molecule has 1 aliphatic heterocycles. The fraction of sp³-hybridized carbons (Fsp3) is 0.812. The number of nitrogens with one attached hydrogen (secondary N) is 1. The Morgan fingerprint density at radius 1 is 1.37 bits per heavy atom. The molecule has 1 amide bonds. The molecule has 0 spiro atoms. The lowest BCUT2D eigenvalue weighted by Gasteiger charge is -2.23. The van der Waals surface area contributed by atoms with Gasteiger partial charge in [0.25, 0.3) is 0 Å². The van der Waals surface area contributed by atoms with E-state index in [4.69, 9.17) is 0 Å². The molecule has 1 atom stereocenters. The van der Waals surface area contributed by atoms with Gasteiger partial charge in [0, 0.05) is 32.1 Å². The summed E-state index contributed by atoms with van der Waals surface area (Å²) in [5.41, 5.74) is 1.10. The highest BCUT2D eigenvalue weighted by Gasteiger charge is 2.24. The number of amides is 1. The van der Waals surface area contributed by atoms with Crippen molar-refractivity contribution in [1.82, 2.24) is 10.2 Å². The molecule has 3 heteroatoms. The molecule has 0 radical (unpaired) electrons. The van der Waals surface area contributed by atoms with Crippen molar-refractivity contribution < 1.29 is 4.79 Å². The van der Waals surface area contributed by atoms with Crippen LogP contribution in [0.4, 0.5) is 0 Å². The van der Waals surface area contributed by atoms with Crippen LogP contribution in [0.3, 0.4) is 0 Å². The average Bonchev–Trinajstić information content (AvgIpc) is 2.50. The maximum atomic E-state index is 12.1. The summed E-state index contributed by atoms with van der Waals surface area (Å²) in [6, 6.07) is 0.460. The molecule has 0 saturated carbocycles. The molecular formula is C16H30N2O. The van der Waals surface area contributed by atoms with Gasteiger partial charge in [0.05, 0.1) is 0 Å². The predicted octanol–water partition coefficient (Wildman–Crippen LogP) is 2.83. The van der Waals surface area contributed by atoms with Crippen LogP contribution in [0.1, 0.15) is 47.0 Å².